The van der Waals surface area contributed by atoms with Crippen molar-refractivity contribution in [2.24, 2.45) is 0 Å². The number of carbonyl (C=O) groups is 3. The number of imide groups is 1. The lowest BCUT2D eigenvalue weighted by Gasteiger charge is -2.27. The number of amides is 4. The maximum Gasteiger partial charge on any atom is 0.325 e. The molecule has 0 aliphatic carbocycles. The second-order valence-corrected chi connectivity index (χ2v) is 11.3. The molecular weight excluding hydrogens is 502 g/mol. The number of carbonyl (C=O) groups excluding carboxylic acids is 3. The van der Waals surface area contributed by atoms with Gasteiger partial charge < -0.3 is 20.4 Å². The minimum absolute atomic E-state index is 0.0380. The topological polar surface area (TPSA) is 120 Å². The van der Waals surface area contributed by atoms with Crippen LogP contribution < -0.4 is 16.0 Å². The van der Waals surface area contributed by atoms with Gasteiger partial charge in [0.1, 0.15) is 5.54 Å². The van der Waals surface area contributed by atoms with Gasteiger partial charge in [-0.15, -0.1) is 11.3 Å². The number of hydrogen-bond acceptors (Lipinski definition) is 8. The second kappa shape index (κ2) is 11.0. The SMILES string of the molecule is CC1(C)C(=O)NC(=O)N1CCNc1nccc(-c2cc3cc(NC(=O)CCN4CCCCC4)ccc3s2)n1. The van der Waals surface area contributed by atoms with Crippen LogP contribution in [0.25, 0.3) is 20.7 Å². The highest BCUT2D eigenvalue weighted by Gasteiger charge is 2.45. The van der Waals surface area contributed by atoms with Crippen molar-refractivity contribution in [2.45, 2.75) is 45.1 Å². The fraction of sp³-hybridized carbons (Fsp3) is 0.444. The Labute approximate surface area is 225 Å². The first-order valence-corrected chi connectivity index (χ1v) is 13.9. The third-order valence-corrected chi connectivity index (χ3v) is 8.27. The van der Waals surface area contributed by atoms with Gasteiger partial charge >= 0.3 is 6.03 Å². The number of benzene rings is 1. The van der Waals surface area contributed by atoms with Gasteiger partial charge in [-0.25, -0.2) is 14.8 Å². The van der Waals surface area contributed by atoms with Crippen molar-refractivity contribution in [1.29, 1.82) is 0 Å². The number of nitrogens with zero attached hydrogens (tertiary/aromatic N) is 4. The molecule has 3 N–H and O–H groups in total. The van der Waals surface area contributed by atoms with Crippen LogP contribution in [0, 0.1) is 0 Å². The molecule has 0 radical (unpaired) electrons. The number of nitrogens with one attached hydrogen (secondary N) is 3. The molecule has 4 amide bonds. The number of rotatable bonds is 9. The third-order valence-electron chi connectivity index (χ3n) is 7.13. The number of likely N-dealkylation sites (tertiary alicyclic amines) is 1. The van der Waals surface area contributed by atoms with Gasteiger partial charge in [0.15, 0.2) is 0 Å². The Morgan fingerprint density at radius 2 is 1.92 bits per heavy atom. The highest BCUT2D eigenvalue weighted by Crippen LogP contribution is 2.34. The lowest BCUT2D eigenvalue weighted by molar-refractivity contribution is -0.125. The van der Waals surface area contributed by atoms with E-state index in [2.05, 4.69) is 36.9 Å². The zero-order chi connectivity index (χ0) is 26.7. The van der Waals surface area contributed by atoms with Gasteiger partial charge in [-0.05, 0) is 75.5 Å². The average molecular weight is 536 g/mol. The Hall–Kier alpha value is -3.57. The first kappa shape index (κ1) is 26.1. The molecule has 3 aromatic rings. The van der Waals surface area contributed by atoms with Crippen molar-refractivity contribution in [3.63, 3.8) is 0 Å². The van der Waals surface area contributed by atoms with Crippen molar-refractivity contribution in [3.8, 4) is 10.6 Å². The zero-order valence-corrected chi connectivity index (χ0v) is 22.6. The molecule has 1 aromatic carbocycles. The summed E-state index contributed by atoms with van der Waals surface area (Å²) in [6.45, 7) is 7.17. The van der Waals surface area contributed by atoms with Gasteiger partial charge in [0.25, 0.3) is 5.91 Å². The molecular formula is C27H33N7O3S. The van der Waals surface area contributed by atoms with Crippen LogP contribution in [0.4, 0.5) is 16.4 Å². The molecule has 0 atom stereocenters. The standard InChI is InChI=1S/C27H33N7O3S/c1-27(2)24(36)32-26(37)34(27)15-11-29-25-28-10-8-20(31-25)22-17-18-16-19(6-7-21(18)38-22)30-23(35)9-14-33-12-4-3-5-13-33/h6-8,10,16-17H,3-5,9,11-15H2,1-2H3,(H,30,35)(H,28,29,31)(H,32,36,37). The van der Waals surface area contributed by atoms with Crippen LogP contribution in [0.15, 0.2) is 36.5 Å². The molecule has 2 saturated heterocycles. The molecule has 200 valence electrons. The van der Waals surface area contributed by atoms with Crippen LogP contribution in [0.1, 0.15) is 39.5 Å². The highest BCUT2D eigenvalue weighted by molar-refractivity contribution is 7.22. The summed E-state index contributed by atoms with van der Waals surface area (Å²) in [7, 11) is 0. The molecule has 0 saturated carbocycles. The molecule has 0 bridgehead atoms. The lowest BCUT2D eigenvalue weighted by Crippen LogP contribution is -2.46. The van der Waals surface area contributed by atoms with E-state index in [1.165, 1.54) is 24.2 Å². The summed E-state index contributed by atoms with van der Waals surface area (Å²) in [5, 5.41) is 9.58. The van der Waals surface area contributed by atoms with Crippen LogP contribution in [-0.2, 0) is 9.59 Å². The Balaban J connectivity index is 1.19. The van der Waals surface area contributed by atoms with Crippen molar-refractivity contribution < 1.29 is 14.4 Å². The van der Waals surface area contributed by atoms with Crippen molar-refractivity contribution in [1.82, 2.24) is 25.1 Å². The molecule has 10 nitrogen and oxygen atoms in total. The maximum atomic E-state index is 12.5. The summed E-state index contributed by atoms with van der Waals surface area (Å²) in [5.74, 6) is 0.187. The molecule has 38 heavy (non-hydrogen) atoms. The lowest BCUT2D eigenvalue weighted by atomic mass is 10.0. The first-order valence-electron chi connectivity index (χ1n) is 13.1. The largest absolute Gasteiger partial charge is 0.352 e. The number of anilines is 2. The van der Waals surface area contributed by atoms with E-state index in [0.717, 1.165) is 46.0 Å². The van der Waals surface area contributed by atoms with Crippen molar-refractivity contribution in [2.75, 3.05) is 43.4 Å². The molecule has 0 unspecified atom stereocenters. The van der Waals surface area contributed by atoms with Crippen LogP contribution in [0.2, 0.25) is 0 Å². The second-order valence-electron chi connectivity index (χ2n) is 10.2. The Kier molecular flexibility index (Phi) is 7.57. The number of thiophene rings is 1. The van der Waals surface area contributed by atoms with Gasteiger partial charge in [0.05, 0.1) is 10.6 Å². The van der Waals surface area contributed by atoms with Crippen LogP contribution in [0.3, 0.4) is 0 Å². The molecule has 2 aromatic heterocycles. The summed E-state index contributed by atoms with van der Waals surface area (Å²) in [6, 6.07) is 9.49. The molecule has 2 fully saturated rings. The van der Waals surface area contributed by atoms with Crippen LogP contribution >= 0.6 is 11.3 Å². The van der Waals surface area contributed by atoms with Gasteiger partial charge in [-0.2, -0.15) is 0 Å². The third kappa shape index (κ3) is 5.78. The number of hydrogen-bond donors (Lipinski definition) is 3. The van der Waals surface area contributed by atoms with Crippen LogP contribution in [0.5, 0.6) is 0 Å². The molecule has 0 spiro atoms. The predicted octanol–water partition coefficient (Wildman–Crippen LogP) is 3.92. The fourth-order valence-electron chi connectivity index (χ4n) is 4.85. The van der Waals surface area contributed by atoms with E-state index in [-0.39, 0.29) is 17.8 Å². The summed E-state index contributed by atoms with van der Waals surface area (Å²) < 4.78 is 1.10. The number of urea groups is 1. The molecule has 2 aliphatic heterocycles. The summed E-state index contributed by atoms with van der Waals surface area (Å²) in [6.07, 6.45) is 5.93. The molecule has 11 heteroatoms. The van der Waals surface area contributed by atoms with E-state index in [4.69, 9.17) is 0 Å². The summed E-state index contributed by atoms with van der Waals surface area (Å²) >= 11 is 1.62. The summed E-state index contributed by atoms with van der Waals surface area (Å²) in [4.78, 5) is 50.3. The predicted molar refractivity (Wildman–Crippen MR) is 149 cm³/mol. The average Bonchev–Trinajstić information content (AvgIpc) is 3.41. The van der Waals surface area contributed by atoms with E-state index < -0.39 is 5.54 Å². The van der Waals surface area contributed by atoms with E-state index >= 15 is 0 Å². The zero-order valence-electron chi connectivity index (χ0n) is 21.7. The van der Waals surface area contributed by atoms with Gasteiger partial charge in [-0.3, -0.25) is 14.9 Å². The number of piperidine rings is 1. The monoisotopic (exact) mass is 535 g/mol. The quantitative estimate of drug-likeness (QED) is 0.355. The molecule has 4 heterocycles. The number of aromatic nitrogens is 2. The van der Waals surface area contributed by atoms with Gasteiger partial charge in [0.2, 0.25) is 11.9 Å². The summed E-state index contributed by atoms with van der Waals surface area (Å²) in [5.41, 5.74) is 0.692. The maximum absolute atomic E-state index is 12.5. The number of fused-ring (bicyclic) bond motifs is 1. The van der Waals surface area contributed by atoms with Gasteiger partial charge in [0, 0.05) is 42.6 Å². The first-order chi connectivity index (χ1) is 18.3. The highest BCUT2D eigenvalue weighted by atomic mass is 32.1. The Bertz CT molecular complexity index is 1350. The normalized spacial score (nSPS) is 17.6. The van der Waals surface area contributed by atoms with Crippen molar-refractivity contribution >= 4 is 50.9 Å². The van der Waals surface area contributed by atoms with E-state index in [0.29, 0.717) is 25.5 Å². The fourth-order valence-corrected chi connectivity index (χ4v) is 5.86. The minimum atomic E-state index is -0.885. The van der Waals surface area contributed by atoms with Crippen molar-refractivity contribution in [3.05, 3.63) is 36.5 Å². The van der Waals surface area contributed by atoms with E-state index in [9.17, 15) is 14.4 Å². The minimum Gasteiger partial charge on any atom is -0.352 e. The molecule has 5 rings (SSSR count). The Morgan fingerprint density at radius 1 is 1.11 bits per heavy atom. The van der Waals surface area contributed by atoms with Crippen LogP contribution in [-0.4, -0.2) is 75.9 Å². The van der Waals surface area contributed by atoms with E-state index in [1.54, 1.807) is 31.4 Å². The van der Waals surface area contributed by atoms with Gasteiger partial charge in [-0.1, -0.05) is 6.42 Å². The smallest absolute Gasteiger partial charge is 0.325 e. The van der Waals surface area contributed by atoms with E-state index in [1.807, 2.05) is 24.3 Å². The Morgan fingerprint density at radius 3 is 2.68 bits per heavy atom. The molecule has 2 aliphatic rings.